The molecule has 3 aromatic rings. The zero-order valence-corrected chi connectivity index (χ0v) is 19.7. The molecular formula is C24H27FN4O3S. The van der Waals surface area contributed by atoms with E-state index in [0.29, 0.717) is 11.1 Å². The van der Waals surface area contributed by atoms with Crippen LogP contribution in [0.15, 0.2) is 42.5 Å². The molecule has 1 aliphatic rings. The summed E-state index contributed by atoms with van der Waals surface area (Å²) in [4.78, 5) is 19.8. The van der Waals surface area contributed by atoms with Crippen molar-refractivity contribution in [3.63, 3.8) is 0 Å². The van der Waals surface area contributed by atoms with E-state index < -0.39 is 21.9 Å². The largest absolute Gasteiger partial charge is 0.357 e. The molecule has 174 valence electrons. The predicted molar refractivity (Wildman–Crippen MR) is 129 cm³/mol. The lowest BCUT2D eigenvalue weighted by Gasteiger charge is -2.18. The van der Waals surface area contributed by atoms with Crippen LogP contribution >= 0.6 is 0 Å². The molecule has 2 N–H and O–H groups in total. The fraction of sp³-hybridized carbons (Fsp3) is 0.333. The molecule has 0 bridgehead atoms. The molecule has 0 spiro atoms. The topological polar surface area (TPSA) is 91.4 Å². The van der Waals surface area contributed by atoms with Crippen LogP contribution in [0.1, 0.15) is 47.3 Å². The average Bonchev–Trinajstić information content (AvgIpc) is 3.29. The summed E-state index contributed by atoms with van der Waals surface area (Å²) in [5.74, 6) is 0.0191. The summed E-state index contributed by atoms with van der Waals surface area (Å²) in [5.41, 5.74) is 2.28. The highest BCUT2D eigenvalue weighted by atomic mass is 32.2. The van der Waals surface area contributed by atoms with Gasteiger partial charge in [0.2, 0.25) is 10.0 Å². The number of hydrogen-bond donors (Lipinski definition) is 2. The van der Waals surface area contributed by atoms with Crippen LogP contribution in [0.4, 0.5) is 15.9 Å². The normalized spacial score (nSPS) is 15.0. The van der Waals surface area contributed by atoms with Crippen molar-refractivity contribution in [3.8, 4) is 0 Å². The minimum absolute atomic E-state index is 0.174. The lowest BCUT2D eigenvalue weighted by molar-refractivity contribution is 0.0939. The minimum Gasteiger partial charge on any atom is -0.357 e. The van der Waals surface area contributed by atoms with Crippen LogP contribution in [0.3, 0.4) is 0 Å². The van der Waals surface area contributed by atoms with Crippen LogP contribution in [-0.2, 0) is 10.0 Å². The number of benzene rings is 2. The molecule has 0 radical (unpaired) electrons. The molecule has 1 aromatic heterocycles. The molecule has 7 nitrogen and oxygen atoms in total. The number of aryl methyl sites for hydroxylation is 1. The van der Waals surface area contributed by atoms with E-state index in [9.17, 15) is 17.6 Å². The molecule has 9 heteroatoms. The third-order valence-corrected chi connectivity index (χ3v) is 6.41. The summed E-state index contributed by atoms with van der Waals surface area (Å²) in [6.45, 7) is 5.39. The molecule has 1 aliphatic heterocycles. The average molecular weight is 471 g/mol. The first-order valence-electron chi connectivity index (χ1n) is 10.9. The number of halogens is 1. The van der Waals surface area contributed by atoms with Crippen LogP contribution in [0.5, 0.6) is 0 Å². The molecule has 0 saturated carbocycles. The van der Waals surface area contributed by atoms with Gasteiger partial charge in [0, 0.05) is 29.6 Å². The van der Waals surface area contributed by atoms with E-state index in [1.807, 2.05) is 18.2 Å². The van der Waals surface area contributed by atoms with E-state index in [1.165, 1.54) is 18.9 Å². The molecular weight excluding hydrogens is 443 g/mol. The number of nitrogens with one attached hydrogen (secondary N) is 2. The number of carbonyl (C=O) groups excluding carboxylic acids is 1. The Hall–Kier alpha value is -3.20. The van der Waals surface area contributed by atoms with Gasteiger partial charge in [0.25, 0.3) is 5.91 Å². The number of sulfonamides is 1. The van der Waals surface area contributed by atoms with Crippen LogP contribution < -0.4 is 14.9 Å². The maximum absolute atomic E-state index is 14.7. The fourth-order valence-electron chi connectivity index (χ4n) is 4.08. The van der Waals surface area contributed by atoms with E-state index in [4.69, 9.17) is 4.98 Å². The summed E-state index contributed by atoms with van der Waals surface area (Å²) in [7, 11) is -3.52. The Labute approximate surface area is 193 Å². The van der Waals surface area contributed by atoms with Gasteiger partial charge < -0.3 is 10.2 Å². The monoisotopic (exact) mass is 470 g/mol. The summed E-state index contributed by atoms with van der Waals surface area (Å²) in [6.07, 6.45) is 3.36. The lowest BCUT2D eigenvalue weighted by Crippen LogP contribution is -2.27. The van der Waals surface area contributed by atoms with Gasteiger partial charge in [0.15, 0.2) is 0 Å². The van der Waals surface area contributed by atoms with Crippen LogP contribution in [0, 0.1) is 12.7 Å². The smallest absolute Gasteiger partial charge is 0.251 e. The molecule has 2 heterocycles. The van der Waals surface area contributed by atoms with E-state index in [0.717, 1.165) is 42.1 Å². The lowest BCUT2D eigenvalue weighted by atomic mass is 10.0. The van der Waals surface area contributed by atoms with Gasteiger partial charge >= 0.3 is 0 Å². The maximum Gasteiger partial charge on any atom is 0.251 e. The standard InChI is InChI=1S/C24H27FN4O3S/c1-15-12-19(20(25)14-22(15)28-33(3,31)32)16(2)26-24(30)18-6-8-21-17(13-18)7-9-23(27-21)29-10-4-5-11-29/h6-9,12-14,16,28H,4-5,10-11H2,1-3H3,(H,26,30). The van der Waals surface area contributed by atoms with Crippen molar-refractivity contribution in [1.82, 2.24) is 10.3 Å². The number of carbonyl (C=O) groups is 1. The Bertz CT molecular complexity index is 1320. The van der Waals surface area contributed by atoms with Crippen molar-refractivity contribution < 1.29 is 17.6 Å². The van der Waals surface area contributed by atoms with Crippen molar-refractivity contribution >= 4 is 38.3 Å². The number of fused-ring (bicyclic) bond motifs is 1. The third kappa shape index (κ3) is 5.24. The van der Waals surface area contributed by atoms with Gasteiger partial charge in [-0.15, -0.1) is 0 Å². The minimum atomic E-state index is -3.52. The molecule has 1 saturated heterocycles. The molecule has 1 unspecified atom stereocenters. The zero-order valence-electron chi connectivity index (χ0n) is 18.9. The number of aromatic nitrogens is 1. The number of nitrogens with zero attached hydrogens (tertiary/aromatic N) is 2. The summed E-state index contributed by atoms with van der Waals surface area (Å²) in [6, 6.07) is 11.3. The summed E-state index contributed by atoms with van der Waals surface area (Å²) < 4.78 is 39.9. The summed E-state index contributed by atoms with van der Waals surface area (Å²) >= 11 is 0. The van der Waals surface area contributed by atoms with Gasteiger partial charge in [-0.05, 0) is 74.7 Å². The van der Waals surface area contributed by atoms with Crippen molar-refractivity contribution in [2.75, 3.05) is 29.0 Å². The molecule has 2 aromatic carbocycles. The van der Waals surface area contributed by atoms with E-state index in [1.54, 1.807) is 26.0 Å². The second kappa shape index (κ2) is 8.97. The van der Waals surface area contributed by atoms with Gasteiger partial charge in [-0.3, -0.25) is 9.52 Å². The molecule has 0 aliphatic carbocycles. The van der Waals surface area contributed by atoms with Gasteiger partial charge in [0.05, 0.1) is 23.5 Å². The summed E-state index contributed by atoms with van der Waals surface area (Å²) in [5, 5.41) is 3.68. The molecule has 1 atom stereocenters. The highest BCUT2D eigenvalue weighted by Gasteiger charge is 2.19. The van der Waals surface area contributed by atoms with Crippen molar-refractivity contribution in [2.45, 2.75) is 32.7 Å². The van der Waals surface area contributed by atoms with Crippen molar-refractivity contribution in [1.29, 1.82) is 0 Å². The maximum atomic E-state index is 14.7. The SMILES string of the molecule is Cc1cc(C(C)NC(=O)c2ccc3nc(N4CCCC4)ccc3c2)c(F)cc1NS(C)(=O)=O. The molecule has 33 heavy (non-hydrogen) atoms. The quantitative estimate of drug-likeness (QED) is 0.565. The first-order valence-corrected chi connectivity index (χ1v) is 12.7. The van der Waals surface area contributed by atoms with Crippen LogP contribution in [0.25, 0.3) is 10.9 Å². The Morgan fingerprint density at radius 3 is 2.55 bits per heavy atom. The van der Waals surface area contributed by atoms with Gasteiger partial charge in [0.1, 0.15) is 11.6 Å². The first-order chi connectivity index (χ1) is 15.6. The molecule has 1 amide bonds. The van der Waals surface area contributed by atoms with Crippen molar-refractivity contribution in [2.24, 2.45) is 0 Å². The Morgan fingerprint density at radius 1 is 1.12 bits per heavy atom. The zero-order chi connectivity index (χ0) is 23.8. The number of pyridine rings is 1. The third-order valence-electron chi connectivity index (χ3n) is 5.82. The predicted octanol–water partition coefficient (Wildman–Crippen LogP) is 4.15. The Kier molecular flexibility index (Phi) is 6.25. The van der Waals surface area contributed by atoms with Crippen LogP contribution in [0.2, 0.25) is 0 Å². The van der Waals surface area contributed by atoms with E-state index in [-0.39, 0.29) is 17.2 Å². The number of hydrogen-bond acceptors (Lipinski definition) is 5. The fourth-order valence-corrected chi connectivity index (χ4v) is 4.70. The molecule has 1 fully saturated rings. The van der Waals surface area contributed by atoms with Gasteiger partial charge in [-0.2, -0.15) is 0 Å². The van der Waals surface area contributed by atoms with Crippen LogP contribution in [-0.4, -0.2) is 38.7 Å². The second-order valence-corrected chi connectivity index (χ2v) is 10.3. The van der Waals surface area contributed by atoms with Crippen molar-refractivity contribution in [3.05, 3.63) is 65.0 Å². The highest BCUT2D eigenvalue weighted by molar-refractivity contribution is 7.92. The first kappa shape index (κ1) is 23.0. The Balaban J connectivity index is 1.51. The Morgan fingerprint density at radius 2 is 1.85 bits per heavy atom. The van der Waals surface area contributed by atoms with Gasteiger partial charge in [-0.1, -0.05) is 0 Å². The van der Waals surface area contributed by atoms with E-state index in [2.05, 4.69) is 14.9 Å². The number of rotatable bonds is 6. The van der Waals surface area contributed by atoms with E-state index >= 15 is 0 Å². The highest BCUT2D eigenvalue weighted by Crippen LogP contribution is 2.26. The number of amides is 1. The van der Waals surface area contributed by atoms with Gasteiger partial charge in [-0.25, -0.2) is 17.8 Å². The number of anilines is 2. The second-order valence-electron chi connectivity index (χ2n) is 8.53. The molecule has 4 rings (SSSR count).